The van der Waals surface area contributed by atoms with Gasteiger partial charge in [-0.2, -0.15) is 0 Å². The van der Waals surface area contributed by atoms with Gasteiger partial charge in [-0.15, -0.1) is 0 Å². The van der Waals surface area contributed by atoms with E-state index < -0.39 is 56.3 Å². The molecule has 2 rings (SSSR count). The quantitative estimate of drug-likeness (QED) is 0.325. The summed E-state index contributed by atoms with van der Waals surface area (Å²) in [6.07, 6.45) is 0. The van der Waals surface area contributed by atoms with Crippen molar-refractivity contribution in [3.8, 4) is 0 Å². The van der Waals surface area contributed by atoms with Crippen LogP contribution in [0.15, 0.2) is 18.2 Å². The van der Waals surface area contributed by atoms with E-state index in [4.69, 9.17) is 0 Å². The van der Waals surface area contributed by atoms with Crippen molar-refractivity contribution in [1.29, 1.82) is 0 Å². The van der Waals surface area contributed by atoms with Crippen LogP contribution in [-0.4, -0.2) is 57.4 Å². The monoisotopic (exact) mass is 350 g/mol. The lowest BCUT2D eigenvalue weighted by atomic mass is 9.93. The molecule has 0 saturated carbocycles. The highest BCUT2D eigenvalue weighted by Gasteiger charge is 2.47. The van der Waals surface area contributed by atoms with Gasteiger partial charge in [-0.1, -0.05) is 0 Å². The SMILES string of the molecule is CN1C(=O)C(C(=O)c2cc([N+](=O)[O-])cc([N+](=O)[O-])c2)C(=O)N(C)C1=O. The first-order valence-electron chi connectivity index (χ1n) is 6.63. The molecule has 1 aliphatic heterocycles. The first kappa shape index (κ1) is 17.7. The minimum absolute atomic E-state index is 0.551. The molecule has 0 aromatic heterocycles. The molecule has 0 atom stereocenters. The van der Waals surface area contributed by atoms with E-state index in [0.29, 0.717) is 15.9 Å². The van der Waals surface area contributed by atoms with Crippen LogP contribution >= 0.6 is 0 Å². The number of urea groups is 1. The van der Waals surface area contributed by atoms with Crippen molar-refractivity contribution in [2.75, 3.05) is 14.1 Å². The van der Waals surface area contributed by atoms with Gasteiger partial charge in [0.2, 0.25) is 0 Å². The minimum Gasteiger partial charge on any atom is -0.293 e. The number of carbonyl (C=O) groups excluding carboxylic acids is 4. The normalized spacial score (nSPS) is 15.5. The molecule has 1 saturated heterocycles. The number of nitro benzene ring substituents is 2. The third-order valence-corrected chi connectivity index (χ3v) is 3.60. The summed E-state index contributed by atoms with van der Waals surface area (Å²) in [5.74, 6) is -5.36. The average Bonchev–Trinajstić information content (AvgIpc) is 2.57. The van der Waals surface area contributed by atoms with Crippen LogP contribution in [-0.2, 0) is 9.59 Å². The summed E-state index contributed by atoms with van der Waals surface area (Å²) in [5.41, 5.74) is -2.04. The van der Waals surface area contributed by atoms with Gasteiger partial charge in [0.15, 0.2) is 11.7 Å². The zero-order valence-corrected chi connectivity index (χ0v) is 12.9. The lowest BCUT2D eigenvalue weighted by Gasteiger charge is -2.31. The van der Waals surface area contributed by atoms with Crippen LogP contribution in [0.1, 0.15) is 10.4 Å². The highest BCUT2D eigenvalue weighted by Crippen LogP contribution is 2.26. The van der Waals surface area contributed by atoms with Gasteiger partial charge in [-0.05, 0) is 0 Å². The lowest BCUT2D eigenvalue weighted by molar-refractivity contribution is -0.394. The number of non-ortho nitro benzene ring substituents is 2. The molecule has 0 spiro atoms. The molecule has 25 heavy (non-hydrogen) atoms. The fraction of sp³-hybridized carbons (Fsp3) is 0.231. The van der Waals surface area contributed by atoms with Gasteiger partial charge >= 0.3 is 6.03 Å². The number of imide groups is 2. The summed E-state index contributed by atoms with van der Waals surface area (Å²) in [7, 11) is 2.12. The maximum atomic E-state index is 12.5. The van der Waals surface area contributed by atoms with Crippen LogP contribution in [0.25, 0.3) is 0 Å². The average molecular weight is 350 g/mol. The van der Waals surface area contributed by atoms with E-state index >= 15 is 0 Å². The standard InChI is InChI=1S/C13H10N4O8/c1-14-11(19)9(12(20)15(2)13(14)21)10(18)6-3-7(16(22)23)5-8(4-6)17(24)25/h3-5,9H,1-2H3. The van der Waals surface area contributed by atoms with Gasteiger partial charge in [0.25, 0.3) is 23.2 Å². The second-order valence-electron chi connectivity index (χ2n) is 5.13. The molecular weight excluding hydrogens is 340 g/mol. The highest BCUT2D eigenvalue weighted by atomic mass is 16.6. The number of rotatable bonds is 4. The number of nitro groups is 2. The Morgan fingerprint density at radius 1 is 0.920 bits per heavy atom. The predicted molar refractivity (Wildman–Crippen MR) is 78.5 cm³/mol. The number of benzene rings is 1. The van der Waals surface area contributed by atoms with Crippen molar-refractivity contribution < 1.29 is 29.0 Å². The summed E-state index contributed by atoms with van der Waals surface area (Å²) in [6, 6.07) is 1.16. The summed E-state index contributed by atoms with van der Waals surface area (Å²) in [6.45, 7) is 0. The van der Waals surface area contributed by atoms with Crippen LogP contribution in [0.3, 0.4) is 0 Å². The second-order valence-corrected chi connectivity index (χ2v) is 5.13. The molecule has 12 heteroatoms. The van der Waals surface area contributed by atoms with E-state index in [1.807, 2.05) is 0 Å². The van der Waals surface area contributed by atoms with Crippen molar-refractivity contribution in [3.63, 3.8) is 0 Å². The molecule has 1 fully saturated rings. The summed E-state index contributed by atoms with van der Waals surface area (Å²) < 4.78 is 0. The summed E-state index contributed by atoms with van der Waals surface area (Å²) >= 11 is 0. The van der Waals surface area contributed by atoms with Gasteiger partial charge < -0.3 is 0 Å². The van der Waals surface area contributed by atoms with Crippen molar-refractivity contribution in [2.24, 2.45) is 5.92 Å². The Labute approximate surface area is 138 Å². The molecule has 0 bridgehead atoms. The molecule has 130 valence electrons. The molecule has 12 nitrogen and oxygen atoms in total. The molecule has 0 radical (unpaired) electrons. The maximum absolute atomic E-state index is 12.5. The highest BCUT2D eigenvalue weighted by molar-refractivity contribution is 6.29. The molecular formula is C13H10N4O8. The third-order valence-electron chi connectivity index (χ3n) is 3.60. The Kier molecular flexibility index (Phi) is 4.28. The minimum atomic E-state index is -1.95. The van der Waals surface area contributed by atoms with Gasteiger partial charge in [0, 0.05) is 31.8 Å². The van der Waals surface area contributed by atoms with Crippen LogP contribution < -0.4 is 0 Å². The fourth-order valence-electron chi connectivity index (χ4n) is 2.25. The van der Waals surface area contributed by atoms with E-state index in [1.54, 1.807) is 0 Å². The first-order chi connectivity index (χ1) is 11.6. The molecule has 0 aliphatic carbocycles. The molecule has 1 aromatic rings. The number of ketones is 1. The Hall–Kier alpha value is -3.70. The zero-order valence-electron chi connectivity index (χ0n) is 12.9. The molecule has 1 aromatic carbocycles. The molecule has 0 unspecified atom stereocenters. The Morgan fingerprint density at radius 3 is 1.68 bits per heavy atom. The van der Waals surface area contributed by atoms with Crippen LogP contribution in [0, 0.1) is 26.1 Å². The number of amides is 4. The van der Waals surface area contributed by atoms with Gasteiger partial charge in [-0.25, -0.2) is 4.79 Å². The zero-order chi connectivity index (χ0) is 19.0. The summed E-state index contributed by atoms with van der Waals surface area (Å²) in [5, 5.41) is 21.8. The lowest BCUT2D eigenvalue weighted by Crippen LogP contribution is -2.58. The number of hydrogen-bond acceptors (Lipinski definition) is 8. The van der Waals surface area contributed by atoms with Crippen molar-refractivity contribution in [1.82, 2.24) is 9.80 Å². The number of barbiturate groups is 1. The van der Waals surface area contributed by atoms with E-state index in [9.17, 15) is 39.4 Å². The molecule has 1 aliphatic rings. The number of Topliss-reactive ketones (excluding diaryl/α,β-unsaturated/α-hetero) is 1. The van der Waals surface area contributed by atoms with E-state index in [-0.39, 0.29) is 0 Å². The first-order valence-corrected chi connectivity index (χ1v) is 6.63. The topological polar surface area (TPSA) is 161 Å². The van der Waals surface area contributed by atoms with Crippen LogP contribution in [0.5, 0.6) is 0 Å². The number of carbonyl (C=O) groups is 4. The third kappa shape index (κ3) is 2.91. The molecule has 4 amide bonds. The molecule has 1 heterocycles. The fourth-order valence-corrected chi connectivity index (χ4v) is 2.25. The summed E-state index contributed by atoms with van der Waals surface area (Å²) in [4.78, 5) is 69.4. The van der Waals surface area contributed by atoms with Crippen LogP contribution in [0.2, 0.25) is 0 Å². The van der Waals surface area contributed by atoms with Crippen molar-refractivity contribution in [3.05, 3.63) is 44.0 Å². The second kappa shape index (κ2) is 6.07. The van der Waals surface area contributed by atoms with E-state index in [1.165, 1.54) is 0 Å². The Balaban J connectivity index is 2.54. The van der Waals surface area contributed by atoms with Gasteiger partial charge in [0.1, 0.15) is 0 Å². The van der Waals surface area contributed by atoms with Crippen molar-refractivity contribution >= 4 is 35.0 Å². The van der Waals surface area contributed by atoms with Gasteiger partial charge in [0.05, 0.1) is 15.9 Å². The van der Waals surface area contributed by atoms with Gasteiger partial charge in [-0.3, -0.25) is 44.4 Å². The largest absolute Gasteiger partial charge is 0.332 e. The number of nitrogens with zero attached hydrogens (tertiary/aromatic N) is 4. The van der Waals surface area contributed by atoms with Crippen molar-refractivity contribution in [2.45, 2.75) is 0 Å². The molecule has 0 N–H and O–H groups in total. The smallest absolute Gasteiger partial charge is 0.293 e. The van der Waals surface area contributed by atoms with E-state index in [0.717, 1.165) is 26.2 Å². The Bertz CT molecular complexity index is 792. The predicted octanol–water partition coefficient (Wildman–Crippen LogP) is 0.352. The maximum Gasteiger partial charge on any atom is 0.332 e. The van der Waals surface area contributed by atoms with E-state index in [2.05, 4.69) is 0 Å². The number of hydrogen-bond donors (Lipinski definition) is 0. The Morgan fingerprint density at radius 2 is 1.32 bits per heavy atom. The van der Waals surface area contributed by atoms with Crippen LogP contribution in [0.4, 0.5) is 16.2 Å².